The van der Waals surface area contributed by atoms with Gasteiger partial charge in [0.05, 0.1) is 0 Å². The van der Waals surface area contributed by atoms with Crippen LogP contribution < -0.4 is 0 Å². The third kappa shape index (κ3) is 8.11. The average molecular weight is 151 g/mol. The van der Waals surface area contributed by atoms with Crippen LogP contribution >= 0.6 is 0 Å². The first-order valence-electron chi connectivity index (χ1n) is 3.15. The van der Waals surface area contributed by atoms with E-state index in [0.717, 1.165) is 12.8 Å². The Morgan fingerprint density at radius 1 is 1.44 bits per heavy atom. The number of hydrogen-bond acceptors (Lipinski definition) is 2. The monoisotopic (exact) mass is 151 g/mol. The first-order valence-corrected chi connectivity index (χ1v) is 5.45. The first-order chi connectivity index (χ1) is 4.06. The summed E-state index contributed by atoms with van der Waals surface area (Å²) in [6, 6.07) is 0. The predicted octanol–water partition coefficient (Wildman–Crippen LogP) is 1.48. The van der Waals surface area contributed by atoms with Crippen LogP contribution in [0.3, 0.4) is 0 Å². The minimum atomic E-state index is -1.95. The molecule has 0 aliphatic carbocycles. The summed E-state index contributed by atoms with van der Waals surface area (Å²) in [4.78, 5) is 0. The van der Waals surface area contributed by atoms with E-state index in [1.165, 1.54) is 0 Å². The van der Waals surface area contributed by atoms with Crippen molar-refractivity contribution in [2.45, 2.75) is 19.8 Å². The number of hydrogen-bond donors (Lipinski definition) is 0. The molecule has 0 aliphatic heterocycles. The molecule has 0 bridgehead atoms. The van der Waals surface area contributed by atoms with E-state index in [4.69, 9.17) is 4.18 Å². The fraction of sp³-hybridized carbons (Fsp3) is 1.00. The summed E-state index contributed by atoms with van der Waals surface area (Å²) in [5.74, 6) is 0. The van der Waals surface area contributed by atoms with Gasteiger partial charge >= 0.3 is 0 Å². The van der Waals surface area contributed by atoms with E-state index in [-0.39, 0.29) is 0 Å². The fourth-order valence-corrected chi connectivity index (χ4v) is 0.923. The zero-order valence-electron chi connectivity index (χ0n) is 6.35. The molecule has 3 heteroatoms. The summed E-state index contributed by atoms with van der Waals surface area (Å²) in [5.41, 5.74) is 0. The van der Waals surface area contributed by atoms with Crippen molar-refractivity contribution in [2.75, 3.05) is 19.1 Å². The molecule has 56 valence electrons. The number of rotatable bonds is 4. The summed E-state index contributed by atoms with van der Waals surface area (Å²) in [6.07, 6.45) is 5.32. The highest BCUT2D eigenvalue weighted by molar-refractivity contribution is 7.97. The molecule has 2 nitrogen and oxygen atoms in total. The normalized spacial score (nSPS) is 11.9. The third-order valence-electron chi connectivity index (χ3n) is 0.865. The first kappa shape index (κ1) is 9.11. The van der Waals surface area contributed by atoms with Crippen LogP contribution in [0.2, 0.25) is 0 Å². The summed E-state index contributed by atoms with van der Waals surface area (Å²) in [6.45, 7) is 2.71. The molecule has 0 aromatic carbocycles. The van der Waals surface area contributed by atoms with Crippen LogP contribution in [0.5, 0.6) is 0 Å². The summed E-state index contributed by atoms with van der Waals surface area (Å²) in [5, 5.41) is 0. The van der Waals surface area contributed by atoms with Crippen LogP contribution in [0, 0.1) is 0 Å². The molecule has 9 heavy (non-hydrogen) atoms. The van der Waals surface area contributed by atoms with Crippen LogP contribution in [0.15, 0.2) is 0 Å². The maximum Gasteiger partial charge on any atom is 0.211 e. The zero-order chi connectivity index (χ0) is 7.33. The topological polar surface area (TPSA) is 26.3 Å². The molecular weight excluding hydrogens is 136 g/mol. The third-order valence-corrected chi connectivity index (χ3v) is 1.60. The van der Waals surface area contributed by atoms with Crippen molar-refractivity contribution in [3.63, 3.8) is 0 Å². The van der Waals surface area contributed by atoms with Crippen LogP contribution in [0.4, 0.5) is 0 Å². The van der Waals surface area contributed by atoms with Crippen molar-refractivity contribution in [3.8, 4) is 0 Å². The van der Waals surface area contributed by atoms with Gasteiger partial charge in [0.15, 0.2) is 0 Å². The molecule has 0 aromatic heterocycles. The highest BCUT2D eigenvalue weighted by atomic mass is 32.3. The minimum Gasteiger partial charge on any atom is -0.174 e. The molecule has 0 aromatic rings. The van der Waals surface area contributed by atoms with E-state index in [1.54, 1.807) is 12.5 Å². The van der Waals surface area contributed by atoms with Crippen molar-refractivity contribution in [1.82, 2.24) is 0 Å². The van der Waals surface area contributed by atoms with Gasteiger partial charge in [0.25, 0.3) is 0 Å². The smallest absolute Gasteiger partial charge is 0.174 e. The maximum atomic E-state index is 10.8. The molecule has 0 unspecified atom stereocenters. The standard InChI is InChI=1S/C6H15O2S/c1-4-5-6-8-9(2,3)7/h4-6H2,1-3H3/q+1. The molecule has 0 atom stereocenters. The lowest BCUT2D eigenvalue weighted by Crippen LogP contribution is -2.10. The van der Waals surface area contributed by atoms with Crippen molar-refractivity contribution >= 4 is 10.2 Å². The molecular formula is C6H15O2S+. The Kier molecular flexibility index (Phi) is 4.06. The highest BCUT2D eigenvalue weighted by Crippen LogP contribution is 1.98. The van der Waals surface area contributed by atoms with Gasteiger partial charge in [0.2, 0.25) is 10.2 Å². The van der Waals surface area contributed by atoms with E-state index in [0.29, 0.717) is 6.61 Å². The molecule has 0 saturated heterocycles. The van der Waals surface area contributed by atoms with E-state index in [1.807, 2.05) is 0 Å². The van der Waals surface area contributed by atoms with Gasteiger partial charge in [-0.25, -0.2) is 0 Å². The van der Waals surface area contributed by atoms with Crippen molar-refractivity contribution in [2.24, 2.45) is 0 Å². The molecule has 0 fully saturated rings. The van der Waals surface area contributed by atoms with Crippen LogP contribution in [0.25, 0.3) is 0 Å². The molecule has 0 rings (SSSR count). The quantitative estimate of drug-likeness (QED) is 0.449. The Hall–Kier alpha value is 0.110. The zero-order valence-corrected chi connectivity index (χ0v) is 7.16. The fourth-order valence-electron chi connectivity index (χ4n) is 0.404. The summed E-state index contributed by atoms with van der Waals surface area (Å²) < 4.78 is 15.8. The van der Waals surface area contributed by atoms with Gasteiger partial charge in [-0.15, -0.1) is 0 Å². The second-order valence-corrected chi connectivity index (χ2v) is 4.84. The van der Waals surface area contributed by atoms with Gasteiger partial charge in [-0.05, 0) is 6.42 Å². The van der Waals surface area contributed by atoms with E-state index < -0.39 is 10.2 Å². The van der Waals surface area contributed by atoms with Crippen LogP contribution in [-0.4, -0.2) is 19.1 Å². The van der Waals surface area contributed by atoms with Crippen molar-refractivity contribution in [3.05, 3.63) is 0 Å². The molecule has 0 aliphatic rings. The Bertz CT molecular complexity index is 106. The van der Waals surface area contributed by atoms with E-state index in [2.05, 4.69) is 6.92 Å². The van der Waals surface area contributed by atoms with Crippen molar-refractivity contribution in [1.29, 1.82) is 0 Å². The number of unbranched alkanes of at least 4 members (excludes halogenated alkanes) is 1. The average Bonchev–Trinajstić information content (AvgIpc) is 1.63. The lowest BCUT2D eigenvalue weighted by molar-refractivity contribution is 0.325. The summed E-state index contributed by atoms with van der Waals surface area (Å²) in [7, 11) is -1.95. The molecule has 0 radical (unpaired) electrons. The largest absolute Gasteiger partial charge is 0.211 e. The van der Waals surface area contributed by atoms with Crippen molar-refractivity contribution < 1.29 is 8.39 Å². The maximum absolute atomic E-state index is 10.8. The van der Waals surface area contributed by atoms with Crippen LogP contribution in [-0.2, 0) is 18.6 Å². The van der Waals surface area contributed by atoms with E-state index >= 15 is 0 Å². The van der Waals surface area contributed by atoms with Gasteiger partial charge in [-0.2, -0.15) is 4.18 Å². The van der Waals surface area contributed by atoms with Gasteiger partial charge in [-0.1, -0.05) is 17.6 Å². The second-order valence-electron chi connectivity index (χ2n) is 2.32. The Balaban J connectivity index is 3.18. The lowest BCUT2D eigenvalue weighted by Gasteiger charge is -1.98. The SMILES string of the molecule is CCCCO[S+](C)(C)=O. The van der Waals surface area contributed by atoms with Crippen LogP contribution in [0.1, 0.15) is 19.8 Å². The second kappa shape index (κ2) is 4.01. The molecule has 0 saturated carbocycles. The van der Waals surface area contributed by atoms with E-state index in [9.17, 15) is 4.21 Å². The lowest BCUT2D eigenvalue weighted by atomic mass is 10.4. The Morgan fingerprint density at radius 3 is 2.33 bits per heavy atom. The minimum absolute atomic E-state index is 0.627. The highest BCUT2D eigenvalue weighted by Gasteiger charge is 2.11. The Labute approximate surface area is 58.2 Å². The van der Waals surface area contributed by atoms with Gasteiger partial charge < -0.3 is 0 Å². The molecule has 0 amide bonds. The van der Waals surface area contributed by atoms with Gasteiger partial charge in [-0.3, -0.25) is 0 Å². The predicted molar refractivity (Wildman–Crippen MR) is 40.8 cm³/mol. The molecule has 0 heterocycles. The van der Waals surface area contributed by atoms with Gasteiger partial charge in [0.1, 0.15) is 19.1 Å². The Morgan fingerprint density at radius 2 is 2.00 bits per heavy atom. The molecule has 0 spiro atoms. The van der Waals surface area contributed by atoms with Gasteiger partial charge in [0, 0.05) is 0 Å². The summed E-state index contributed by atoms with van der Waals surface area (Å²) >= 11 is 0. The molecule has 0 N–H and O–H groups in total.